The van der Waals surface area contributed by atoms with Crippen molar-refractivity contribution in [1.82, 2.24) is 15.5 Å². The number of carbonyl (C=O) groups excluding carboxylic acids is 2. The molecule has 2 rings (SSSR count). The standard InChI is InChI=1S/C13H23N3O3S.ClH/c17-12(9-11-10-20-8-3-14-11)15-2-1-13(18)16-4-6-19-7-5-16;/h11,14H,1-10H2,(H,15,17);1H. The molecule has 0 aliphatic carbocycles. The average molecular weight is 338 g/mol. The molecule has 2 heterocycles. The molecule has 2 N–H and O–H groups in total. The summed E-state index contributed by atoms with van der Waals surface area (Å²) in [7, 11) is 0. The van der Waals surface area contributed by atoms with Gasteiger partial charge in [-0.25, -0.2) is 0 Å². The molecule has 6 nitrogen and oxygen atoms in total. The minimum absolute atomic E-state index is 0. The lowest BCUT2D eigenvalue weighted by Gasteiger charge is -2.27. The molecule has 0 radical (unpaired) electrons. The zero-order valence-corrected chi connectivity index (χ0v) is 13.8. The van der Waals surface area contributed by atoms with E-state index in [1.54, 1.807) is 4.90 Å². The number of morpholine rings is 1. The van der Waals surface area contributed by atoms with Crippen LogP contribution in [-0.4, -0.2) is 73.7 Å². The quantitative estimate of drug-likeness (QED) is 0.731. The lowest BCUT2D eigenvalue weighted by molar-refractivity contribution is -0.135. The third-order valence-electron chi connectivity index (χ3n) is 3.46. The van der Waals surface area contributed by atoms with Crippen molar-refractivity contribution in [2.24, 2.45) is 0 Å². The first kappa shape index (κ1) is 18.5. The summed E-state index contributed by atoms with van der Waals surface area (Å²) in [4.78, 5) is 25.4. The largest absolute Gasteiger partial charge is 0.378 e. The maximum absolute atomic E-state index is 11.9. The second kappa shape index (κ2) is 10.3. The molecule has 2 saturated heterocycles. The van der Waals surface area contributed by atoms with Gasteiger partial charge in [-0.05, 0) is 0 Å². The highest BCUT2D eigenvalue weighted by atomic mass is 35.5. The molecule has 122 valence electrons. The first-order valence-electron chi connectivity index (χ1n) is 7.19. The molecule has 8 heteroatoms. The molecule has 0 bridgehead atoms. The first-order chi connectivity index (χ1) is 9.75. The predicted octanol–water partition coefficient (Wildman–Crippen LogP) is -0.132. The number of ether oxygens (including phenoxy) is 1. The number of carbonyl (C=O) groups is 2. The summed E-state index contributed by atoms with van der Waals surface area (Å²) in [5, 5.41) is 6.16. The molecule has 0 aromatic rings. The topological polar surface area (TPSA) is 70.7 Å². The highest BCUT2D eigenvalue weighted by Crippen LogP contribution is 2.09. The van der Waals surface area contributed by atoms with E-state index in [0.717, 1.165) is 18.1 Å². The van der Waals surface area contributed by atoms with Crippen LogP contribution < -0.4 is 10.6 Å². The van der Waals surface area contributed by atoms with E-state index in [9.17, 15) is 9.59 Å². The van der Waals surface area contributed by atoms with Crippen molar-refractivity contribution < 1.29 is 14.3 Å². The van der Waals surface area contributed by atoms with Gasteiger partial charge in [0.15, 0.2) is 0 Å². The van der Waals surface area contributed by atoms with E-state index in [-0.39, 0.29) is 30.3 Å². The molecule has 2 aliphatic rings. The number of amides is 2. The van der Waals surface area contributed by atoms with Crippen LogP contribution >= 0.6 is 24.2 Å². The zero-order chi connectivity index (χ0) is 14.2. The van der Waals surface area contributed by atoms with Crippen LogP contribution in [-0.2, 0) is 14.3 Å². The second-order valence-corrected chi connectivity index (χ2v) is 6.17. The minimum Gasteiger partial charge on any atom is -0.378 e. The Bertz CT molecular complexity index is 335. The molecular weight excluding hydrogens is 314 g/mol. The van der Waals surface area contributed by atoms with Crippen LogP contribution in [0.25, 0.3) is 0 Å². The average Bonchev–Trinajstić information content (AvgIpc) is 2.49. The van der Waals surface area contributed by atoms with Crippen molar-refractivity contribution in [3.63, 3.8) is 0 Å². The fourth-order valence-electron chi connectivity index (χ4n) is 2.33. The molecule has 0 aromatic carbocycles. The Balaban J connectivity index is 0.00000220. The number of hydrogen-bond donors (Lipinski definition) is 2. The maximum atomic E-state index is 11.9. The van der Waals surface area contributed by atoms with Gasteiger partial charge in [0, 0.05) is 56.6 Å². The molecule has 0 spiro atoms. The molecule has 2 fully saturated rings. The van der Waals surface area contributed by atoms with Gasteiger partial charge in [0.25, 0.3) is 0 Å². The van der Waals surface area contributed by atoms with Crippen molar-refractivity contribution in [3.05, 3.63) is 0 Å². The molecule has 21 heavy (non-hydrogen) atoms. The molecule has 2 aliphatic heterocycles. The third kappa shape index (κ3) is 6.86. The molecule has 0 aromatic heterocycles. The fourth-order valence-corrected chi connectivity index (χ4v) is 3.28. The van der Waals surface area contributed by atoms with E-state index in [1.165, 1.54) is 0 Å². The summed E-state index contributed by atoms with van der Waals surface area (Å²) in [5.41, 5.74) is 0. The summed E-state index contributed by atoms with van der Waals surface area (Å²) in [5.74, 6) is 2.23. The minimum atomic E-state index is 0. The van der Waals surface area contributed by atoms with Crippen LogP contribution in [0.2, 0.25) is 0 Å². The first-order valence-corrected chi connectivity index (χ1v) is 8.34. The summed E-state index contributed by atoms with van der Waals surface area (Å²) >= 11 is 1.88. The van der Waals surface area contributed by atoms with Crippen molar-refractivity contribution in [1.29, 1.82) is 0 Å². The Labute approximate surface area is 136 Å². The monoisotopic (exact) mass is 337 g/mol. The maximum Gasteiger partial charge on any atom is 0.224 e. The highest BCUT2D eigenvalue weighted by Gasteiger charge is 2.18. The number of hydrogen-bond acceptors (Lipinski definition) is 5. The Morgan fingerprint density at radius 2 is 2.10 bits per heavy atom. The van der Waals surface area contributed by atoms with Crippen LogP contribution in [0.1, 0.15) is 12.8 Å². The van der Waals surface area contributed by atoms with E-state index >= 15 is 0 Å². The Hall–Kier alpha value is -0.500. The van der Waals surface area contributed by atoms with E-state index < -0.39 is 0 Å². The normalized spacial score (nSPS) is 22.3. The van der Waals surface area contributed by atoms with Crippen molar-refractivity contribution in [2.75, 3.05) is 50.9 Å². The molecule has 2 amide bonds. The van der Waals surface area contributed by atoms with E-state index in [1.807, 2.05) is 11.8 Å². The van der Waals surface area contributed by atoms with Crippen LogP contribution in [0.3, 0.4) is 0 Å². The van der Waals surface area contributed by atoms with E-state index in [4.69, 9.17) is 4.74 Å². The molecule has 1 atom stereocenters. The highest BCUT2D eigenvalue weighted by molar-refractivity contribution is 7.99. The van der Waals surface area contributed by atoms with E-state index in [0.29, 0.717) is 45.7 Å². The van der Waals surface area contributed by atoms with Gasteiger partial charge in [-0.3, -0.25) is 9.59 Å². The third-order valence-corrected chi connectivity index (χ3v) is 4.59. The lowest BCUT2D eigenvalue weighted by Crippen LogP contribution is -2.43. The van der Waals surface area contributed by atoms with Crippen LogP contribution in [0, 0.1) is 0 Å². The van der Waals surface area contributed by atoms with Crippen LogP contribution in [0.15, 0.2) is 0 Å². The molecule has 0 saturated carbocycles. The Kier molecular flexibility index (Phi) is 9.07. The Morgan fingerprint density at radius 1 is 1.33 bits per heavy atom. The number of halogens is 1. The van der Waals surface area contributed by atoms with Gasteiger partial charge in [0.2, 0.25) is 11.8 Å². The van der Waals surface area contributed by atoms with Gasteiger partial charge >= 0.3 is 0 Å². The molecule has 1 unspecified atom stereocenters. The van der Waals surface area contributed by atoms with Crippen LogP contribution in [0.5, 0.6) is 0 Å². The molecular formula is C13H24ClN3O3S. The van der Waals surface area contributed by atoms with Gasteiger partial charge < -0.3 is 20.3 Å². The number of nitrogens with one attached hydrogen (secondary N) is 2. The summed E-state index contributed by atoms with van der Waals surface area (Å²) < 4.78 is 5.20. The zero-order valence-electron chi connectivity index (χ0n) is 12.1. The van der Waals surface area contributed by atoms with Crippen LogP contribution in [0.4, 0.5) is 0 Å². The van der Waals surface area contributed by atoms with Gasteiger partial charge in [-0.2, -0.15) is 11.8 Å². The SMILES string of the molecule is Cl.O=C(CC1CSCCN1)NCCC(=O)N1CCOCC1. The van der Waals surface area contributed by atoms with Crippen molar-refractivity contribution in [3.8, 4) is 0 Å². The van der Waals surface area contributed by atoms with Crippen molar-refractivity contribution >= 4 is 36.0 Å². The fraction of sp³-hybridized carbons (Fsp3) is 0.846. The summed E-state index contributed by atoms with van der Waals surface area (Å²) in [6.07, 6.45) is 0.872. The van der Waals surface area contributed by atoms with E-state index in [2.05, 4.69) is 10.6 Å². The Morgan fingerprint density at radius 3 is 2.76 bits per heavy atom. The lowest BCUT2D eigenvalue weighted by atomic mass is 10.2. The number of rotatable bonds is 5. The summed E-state index contributed by atoms with van der Waals surface area (Å²) in [6, 6.07) is 0.267. The van der Waals surface area contributed by atoms with Gasteiger partial charge in [0.1, 0.15) is 0 Å². The van der Waals surface area contributed by atoms with Crippen molar-refractivity contribution in [2.45, 2.75) is 18.9 Å². The summed E-state index contributed by atoms with van der Waals surface area (Å²) in [6.45, 7) is 3.95. The van der Waals surface area contributed by atoms with Gasteiger partial charge in [0.05, 0.1) is 13.2 Å². The number of nitrogens with zero attached hydrogens (tertiary/aromatic N) is 1. The van der Waals surface area contributed by atoms with Gasteiger partial charge in [-0.1, -0.05) is 0 Å². The van der Waals surface area contributed by atoms with Gasteiger partial charge in [-0.15, -0.1) is 12.4 Å². The smallest absolute Gasteiger partial charge is 0.224 e. The second-order valence-electron chi connectivity index (χ2n) is 5.02. The number of thioether (sulfide) groups is 1. The predicted molar refractivity (Wildman–Crippen MR) is 86.0 cm³/mol.